The van der Waals surface area contributed by atoms with E-state index in [1.165, 1.54) is 41.7 Å². The zero-order chi connectivity index (χ0) is 32.8. The number of carbonyl (C=O) groups excluding carboxylic acids is 1. The summed E-state index contributed by atoms with van der Waals surface area (Å²) in [4.78, 5) is 14.5. The van der Waals surface area contributed by atoms with Crippen LogP contribution in [0.1, 0.15) is 69.2 Å². The van der Waals surface area contributed by atoms with E-state index >= 15 is 0 Å². The van der Waals surface area contributed by atoms with Crippen LogP contribution in [0.15, 0.2) is 35.2 Å². The van der Waals surface area contributed by atoms with Gasteiger partial charge in [-0.2, -0.15) is 10.2 Å². The summed E-state index contributed by atoms with van der Waals surface area (Å²) in [5, 5.41) is 14.8. The highest BCUT2D eigenvalue weighted by molar-refractivity contribution is 7.98. The van der Waals surface area contributed by atoms with Gasteiger partial charge in [-0.3, -0.25) is 9.36 Å². The molecule has 8 bridgehead atoms. The Balaban J connectivity index is 1.35. The van der Waals surface area contributed by atoms with Gasteiger partial charge in [0.15, 0.2) is 0 Å². The summed E-state index contributed by atoms with van der Waals surface area (Å²) in [5.74, 6) is 1.44. The molecule has 0 spiro atoms. The third kappa shape index (κ3) is 5.85. The van der Waals surface area contributed by atoms with Crippen molar-refractivity contribution in [2.24, 2.45) is 14.1 Å². The van der Waals surface area contributed by atoms with Gasteiger partial charge in [-0.15, -0.1) is 11.8 Å². The van der Waals surface area contributed by atoms with Crippen molar-refractivity contribution in [3.05, 3.63) is 80.5 Å². The molecule has 4 heterocycles. The maximum Gasteiger partial charge on any atom is 0.354 e. The topological polar surface area (TPSA) is 88.1 Å². The number of aryl methyl sites for hydroxylation is 5. The smallest absolute Gasteiger partial charge is 0.354 e. The van der Waals surface area contributed by atoms with Crippen molar-refractivity contribution in [1.29, 1.82) is 0 Å². The summed E-state index contributed by atoms with van der Waals surface area (Å²) in [6.45, 7) is 6.30. The van der Waals surface area contributed by atoms with Crippen molar-refractivity contribution in [3.8, 4) is 16.9 Å². The van der Waals surface area contributed by atoms with Gasteiger partial charge < -0.3 is 19.4 Å². The Morgan fingerprint density at radius 3 is 2.68 bits per heavy atom. The molecule has 9 nitrogen and oxygen atoms in total. The molecule has 7 rings (SSSR count). The van der Waals surface area contributed by atoms with E-state index in [1.54, 1.807) is 0 Å². The van der Waals surface area contributed by atoms with Crippen LogP contribution in [0.4, 0.5) is 0 Å². The molecule has 11 heteroatoms. The van der Waals surface area contributed by atoms with Crippen LogP contribution in [-0.4, -0.2) is 43.8 Å². The number of methoxy groups -OCH3 is 1. The van der Waals surface area contributed by atoms with E-state index in [-0.39, 0.29) is 5.97 Å². The molecular formula is C36H41ClN6O3S. The predicted octanol–water partition coefficient (Wildman–Crippen LogP) is 7.08. The zero-order valence-electron chi connectivity index (χ0n) is 27.7. The maximum atomic E-state index is 13.3. The lowest BCUT2D eigenvalue weighted by Gasteiger charge is -2.21. The Hall–Kier alpha value is -3.73. The fraction of sp³-hybridized carbons (Fsp3) is 0.417. The third-order valence-corrected chi connectivity index (χ3v) is 11.0. The number of hydrogen-bond acceptors (Lipinski definition) is 7. The number of carbonyl (C=O) groups is 1. The number of rotatable bonds is 1. The van der Waals surface area contributed by atoms with Crippen LogP contribution in [0, 0.1) is 13.8 Å². The SMILES string of the molecule is COC(=O)c1c(C)c2c3c(Cl)ccc2n1CCCOc1cc(cc2c1CCCC2)SCc1cc(nn1C)CNCc1nn(C)c(C)c1-3. The van der Waals surface area contributed by atoms with Gasteiger partial charge in [-0.25, -0.2) is 4.79 Å². The minimum atomic E-state index is -0.366. The summed E-state index contributed by atoms with van der Waals surface area (Å²) >= 11 is 8.87. The van der Waals surface area contributed by atoms with Gasteiger partial charge in [-0.05, 0) is 93.0 Å². The minimum Gasteiger partial charge on any atom is -0.493 e. The Labute approximate surface area is 284 Å². The van der Waals surface area contributed by atoms with E-state index in [0.717, 1.165) is 75.4 Å². The van der Waals surface area contributed by atoms with Crippen LogP contribution < -0.4 is 10.1 Å². The summed E-state index contributed by atoms with van der Waals surface area (Å²) in [6, 6.07) is 10.7. The molecule has 5 aromatic rings. The fourth-order valence-electron chi connectivity index (χ4n) is 7.25. The lowest BCUT2D eigenvalue weighted by atomic mass is 9.91. The highest BCUT2D eigenvalue weighted by Crippen LogP contribution is 2.43. The number of ether oxygens (including phenoxy) is 2. The van der Waals surface area contributed by atoms with Gasteiger partial charge in [0.05, 0.1) is 25.1 Å². The monoisotopic (exact) mass is 672 g/mol. The lowest BCUT2D eigenvalue weighted by molar-refractivity contribution is 0.0587. The Bertz CT molecular complexity index is 2010. The second-order valence-corrected chi connectivity index (χ2v) is 14.0. The molecule has 0 saturated carbocycles. The molecule has 0 unspecified atom stereocenters. The number of nitrogens with zero attached hydrogens (tertiary/aromatic N) is 5. The molecule has 1 aliphatic heterocycles. The second kappa shape index (κ2) is 13.1. The molecule has 0 saturated heterocycles. The number of nitrogens with one attached hydrogen (secondary N) is 1. The molecule has 0 radical (unpaired) electrons. The molecule has 2 aliphatic rings. The third-order valence-electron chi connectivity index (χ3n) is 9.65. The molecular weight excluding hydrogens is 632 g/mol. The first-order chi connectivity index (χ1) is 22.7. The second-order valence-electron chi connectivity index (χ2n) is 12.6. The van der Waals surface area contributed by atoms with E-state index < -0.39 is 0 Å². The first kappa shape index (κ1) is 31.8. The van der Waals surface area contributed by atoms with Gasteiger partial charge in [0.1, 0.15) is 11.4 Å². The van der Waals surface area contributed by atoms with Gasteiger partial charge >= 0.3 is 5.97 Å². The molecule has 1 N–H and O–H groups in total. The summed E-state index contributed by atoms with van der Waals surface area (Å²) in [6.07, 6.45) is 5.24. The highest BCUT2D eigenvalue weighted by Gasteiger charge is 2.27. The largest absolute Gasteiger partial charge is 0.493 e. The number of fused-ring (bicyclic) bond motifs is 8. The minimum absolute atomic E-state index is 0.366. The molecule has 246 valence electrons. The van der Waals surface area contributed by atoms with Crippen molar-refractivity contribution in [2.75, 3.05) is 13.7 Å². The van der Waals surface area contributed by atoms with Crippen molar-refractivity contribution in [2.45, 2.75) is 76.2 Å². The summed E-state index contributed by atoms with van der Waals surface area (Å²) in [7, 11) is 5.40. The van der Waals surface area contributed by atoms with Gasteiger partial charge in [0, 0.05) is 82.8 Å². The number of halogens is 1. The lowest BCUT2D eigenvalue weighted by Crippen LogP contribution is -2.14. The van der Waals surface area contributed by atoms with Crippen LogP contribution in [0.2, 0.25) is 5.02 Å². The van der Waals surface area contributed by atoms with Crippen molar-refractivity contribution >= 4 is 40.2 Å². The first-order valence-corrected chi connectivity index (χ1v) is 17.7. The van der Waals surface area contributed by atoms with Crippen LogP contribution >= 0.6 is 23.4 Å². The molecule has 0 amide bonds. The number of esters is 1. The van der Waals surface area contributed by atoms with E-state index in [2.05, 4.69) is 35.0 Å². The normalized spacial score (nSPS) is 15.5. The maximum absolute atomic E-state index is 13.3. The van der Waals surface area contributed by atoms with Crippen molar-refractivity contribution < 1.29 is 14.3 Å². The molecule has 0 fully saturated rings. The van der Waals surface area contributed by atoms with Gasteiger partial charge in [0.25, 0.3) is 0 Å². The fourth-order valence-corrected chi connectivity index (χ4v) is 8.50. The van der Waals surface area contributed by atoms with Crippen molar-refractivity contribution in [3.63, 3.8) is 0 Å². The molecule has 0 atom stereocenters. The quantitative estimate of drug-likeness (QED) is 0.191. The summed E-state index contributed by atoms with van der Waals surface area (Å²) < 4.78 is 17.8. The Morgan fingerprint density at radius 2 is 1.85 bits per heavy atom. The number of benzene rings is 2. The van der Waals surface area contributed by atoms with Crippen molar-refractivity contribution in [1.82, 2.24) is 29.4 Å². The molecule has 47 heavy (non-hydrogen) atoms. The van der Waals surface area contributed by atoms with Crippen LogP contribution in [0.25, 0.3) is 22.0 Å². The average molecular weight is 673 g/mol. The standard InChI is InChI=1S/C36H41ClN6O3S/c1-21-32-30-12-11-28(37)34(32)33-22(2)41(3)40-29(33)19-38-18-24-16-25(42(4)39-24)20-47-26-15-23-9-6-7-10-27(23)31(17-26)46-14-8-13-43(30)35(21)36(44)45-5/h11-12,15-17,38H,6-10,13-14,18-20H2,1-5H3. The first-order valence-electron chi connectivity index (χ1n) is 16.3. The van der Waals surface area contributed by atoms with Gasteiger partial charge in [-0.1, -0.05) is 11.6 Å². The van der Waals surface area contributed by atoms with E-state index in [1.807, 2.05) is 54.3 Å². The van der Waals surface area contributed by atoms with E-state index in [4.69, 9.17) is 31.3 Å². The van der Waals surface area contributed by atoms with Crippen LogP contribution in [0.5, 0.6) is 5.75 Å². The molecule has 3 aromatic heterocycles. The van der Waals surface area contributed by atoms with E-state index in [0.29, 0.717) is 37.0 Å². The number of hydrogen-bond donors (Lipinski definition) is 1. The molecule has 1 aliphatic carbocycles. The van der Waals surface area contributed by atoms with E-state index in [9.17, 15) is 4.79 Å². The van der Waals surface area contributed by atoms with Gasteiger partial charge in [0.2, 0.25) is 0 Å². The van der Waals surface area contributed by atoms with Crippen LogP contribution in [-0.2, 0) is 57.1 Å². The summed E-state index contributed by atoms with van der Waals surface area (Å²) in [5.41, 5.74) is 11.0. The average Bonchev–Trinajstić information content (AvgIpc) is 3.66. The highest BCUT2D eigenvalue weighted by atomic mass is 35.5. The molecule has 2 aromatic carbocycles. The predicted molar refractivity (Wildman–Crippen MR) is 186 cm³/mol. The number of thioether (sulfide) groups is 1. The number of aromatic nitrogens is 5. The Morgan fingerprint density at radius 1 is 1.02 bits per heavy atom. The zero-order valence-corrected chi connectivity index (χ0v) is 29.3. The van der Waals surface area contributed by atoms with Crippen LogP contribution in [0.3, 0.4) is 0 Å². The Kier molecular flexibility index (Phi) is 8.84.